The van der Waals surface area contributed by atoms with Crippen molar-refractivity contribution in [1.29, 1.82) is 0 Å². The first-order chi connectivity index (χ1) is 10.9. The van der Waals surface area contributed by atoms with Crippen LogP contribution in [0.5, 0.6) is 0 Å². The molecular weight excluding hydrogens is 302 g/mol. The predicted octanol–water partition coefficient (Wildman–Crippen LogP) is 0.782. The van der Waals surface area contributed by atoms with Crippen LogP contribution >= 0.6 is 0 Å². The Bertz CT molecular complexity index is 585. The monoisotopic (exact) mass is 323 g/mol. The summed E-state index contributed by atoms with van der Waals surface area (Å²) in [6.45, 7) is 4.97. The molecular formula is C15H21N3O5. The molecule has 8 nitrogen and oxygen atoms in total. The van der Waals surface area contributed by atoms with Gasteiger partial charge in [0.25, 0.3) is 0 Å². The van der Waals surface area contributed by atoms with Gasteiger partial charge in [-0.3, -0.25) is 9.69 Å². The Balaban J connectivity index is 2.27. The van der Waals surface area contributed by atoms with Gasteiger partial charge in [-0.25, -0.2) is 9.78 Å². The van der Waals surface area contributed by atoms with Crippen LogP contribution in [0.25, 0.3) is 0 Å². The molecule has 1 fully saturated rings. The van der Waals surface area contributed by atoms with Gasteiger partial charge in [-0.2, -0.15) is 0 Å². The van der Waals surface area contributed by atoms with Crippen molar-refractivity contribution >= 4 is 12.1 Å². The van der Waals surface area contributed by atoms with E-state index >= 15 is 0 Å². The van der Waals surface area contributed by atoms with E-state index < -0.39 is 30.3 Å². The van der Waals surface area contributed by atoms with Gasteiger partial charge in [-0.15, -0.1) is 0 Å². The number of ether oxygens (including phenoxy) is 2. The van der Waals surface area contributed by atoms with Crippen LogP contribution in [0, 0.1) is 0 Å². The van der Waals surface area contributed by atoms with Crippen LogP contribution in [0.15, 0.2) is 25.0 Å². The molecule has 8 heteroatoms. The lowest BCUT2D eigenvalue weighted by atomic mass is 10.1. The third-order valence-corrected chi connectivity index (χ3v) is 3.64. The molecule has 23 heavy (non-hydrogen) atoms. The molecule has 0 spiro atoms. The van der Waals surface area contributed by atoms with Crippen LogP contribution in [0.2, 0.25) is 0 Å². The number of carbonyl (C=O) groups is 2. The highest BCUT2D eigenvalue weighted by atomic mass is 16.6. The van der Waals surface area contributed by atoms with E-state index in [0.717, 1.165) is 0 Å². The lowest BCUT2D eigenvalue weighted by Gasteiger charge is -2.29. The minimum Gasteiger partial charge on any atom is -0.452 e. The molecule has 0 saturated carbocycles. The van der Waals surface area contributed by atoms with Crippen LogP contribution in [0.3, 0.4) is 0 Å². The van der Waals surface area contributed by atoms with E-state index in [1.54, 1.807) is 24.0 Å². The molecule has 0 radical (unpaired) electrons. The average molecular weight is 323 g/mol. The van der Waals surface area contributed by atoms with Gasteiger partial charge in [0.1, 0.15) is 6.61 Å². The fourth-order valence-electron chi connectivity index (χ4n) is 2.69. The van der Waals surface area contributed by atoms with Crippen molar-refractivity contribution in [2.24, 2.45) is 7.05 Å². The second kappa shape index (κ2) is 7.28. The van der Waals surface area contributed by atoms with Crippen molar-refractivity contribution in [3.05, 3.63) is 30.9 Å². The molecule has 126 valence electrons. The van der Waals surface area contributed by atoms with Gasteiger partial charge < -0.3 is 19.1 Å². The van der Waals surface area contributed by atoms with E-state index in [0.29, 0.717) is 5.82 Å². The Morgan fingerprint density at radius 1 is 1.61 bits per heavy atom. The lowest BCUT2D eigenvalue weighted by molar-refractivity contribution is -0.150. The summed E-state index contributed by atoms with van der Waals surface area (Å²) in [5.41, 5.74) is 0. The van der Waals surface area contributed by atoms with E-state index in [-0.39, 0.29) is 19.6 Å². The number of esters is 1. The molecule has 1 aliphatic heterocycles. The number of aliphatic hydroxyl groups excluding tert-OH is 1. The zero-order chi connectivity index (χ0) is 17.0. The van der Waals surface area contributed by atoms with E-state index in [4.69, 9.17) is 9.47 Å². The molecule has 0 aromatic carbocycles. The molecule has 2 heterocycles. The normalized spacial score (nSPS) is 21.8. The first-order valence-corrected chi connectivity index (χ1v) is 7.30. The predicted molar refractivity (Wildman–Crippen MR) is 80.4 cm³/mol. The number of amides is 1. The minimum atomic E-state index is -0.777. The number of carbonyl (C=O) groups excluding carboxylic acids is 2. The number of rotatable bonds is 5. The SMILES string of the molecule is C=CCOC(=O)N1C[C@H](O)C[C@H]1C(OC(C)=O)c1nccn1C. The molecule has 0 bridgehead atoms. The van der Waals surface area contributed by atoms with Crippen molar-refractivity contribution in [1.82, 2.24) is 14.5 Å². The molecule has 1 aromatic heterocycles. The second-order valence-electron chi connectivity index (χ2n) is 5.40. The Kier molecular flexibility index (Phi) is 5.38. The maximum atomic E-state index is 12.2. The number of aryl methyl sites for hydroxylation is 1. The average Bonchev–Trinajstić information content (AvgIpc) is 3.08. The largest absolute Gasteiger partial charge is 0.452 e. The highest BCUT2D eigenvalue weighted by Crippen LogP contribution is 2.32. The summed E-state index contributed by atoms with van der Waals surface area (Å²) in [4.78, 5) is 29.2. The van der Waals surface area contributed by atoms with E-state index in [2.05, 4.69) is 11.6 Å². The van der Waals surface area contributed by atoms with Gasteiger partial charge in [-0.1, -0.05) is 12.7 Å². The third-order valence-electron chi connectivity index (χ3n) is 3.64. The van der Waals surface area contributed by atoms with Crippen LogP contribution < -0.4 is 0 Å². The van der Waals surface area contributed by atoms with Crippen LogP contribution in [-0.4, -0.2) is 56.9 Å². The standard InChI is InChI=1S/C15H21N3O5/c1-4-7-22-15(21)18-9-11(20)8-12(18)13(23-10(2)19)14-16-5-6-17(14)3/h4-6,11-13,20H,1,7-9H2,2-3H3/t11-,12+,13?/m1/s1. The molecule has 1 saturated heterocycles. The van der Waals surface area contributed by atoms with Crippen LogP contribution in [-0.2, 0) is 21.3 Å². The van der Waals surface area contributed by atoms with Crippen molar-refractivity contribution in [3.8, 4) is 0 Å². The summed E-state index contributed by atoms with van der Waals surface area (Å²) in [5.74, 6) is 0.0135. The topological polar surface area (TPSA) is 93.9 Å². The molecule has 1 amide bonds. The Hall–Kier alpha value is -2.35. The zero-order valence-electron chi connectivity index (χ0n) is 13.2. The van der Waals surface area contributed by atoms with Crippen molar-refractivity contribution in [3.63, 3.8) is 0 Å². The van der Waals surface area contributed by atoms with Crippen molar-refractivity contribution < 1.29 is 24.2 Å². The maximum Gasteiger partial charge on any atom is 0.410 e. The number of likely N-dealkylation sites (tertiary alicyclic amines) is 1. The molecule has 0 aliphatic carbocycles. The quantitative estimate of drug-likeness (QED) is 0.636. The molecule has 1 aromatic rings. The number of hydrogen-bond donors (Lipinski definition) is 1. The molecule has 3 atom stereocenters. The van der Waals surface area contributed by atoms with Gasteiger partial charge in [0.05, 0.1) is 18.7 Å². The lowest BCUT2D eigenvalue weighted by Crippen LogP contribution is -2.41. The van der Waals surface area contributed by atoms with Gasteiger partial charge >= 0.3 is 12.1 Å². The molecule has 2 rings (SSSR count). The number of nitrogens with zero attached hydrogens (tertiary/aromatic N) is 3. The Labute approximate surface area is 134 Å². The third kappa shape index (κ3) is 3.89. The van der Waals surface area contributed by atoms with E-state index in [1.807, 2.05) is 0 Å². The smallest absolute Gasteiger partial charge is 0.410 e. The summed E-state index contributed by atoms with van der Waals surface area (Å²) in [5, 5.41) is 9.96. The Morgan fingerprint density at radius 3 is 2.91 bits per heavy atom. The molecule has 1 N–H and O–H groups in total. The zero-order valence-corrected chi connectivity index (χ0v) is 13.2. The Morgan fingerprint density at radius 2 is 2.35 bits per heavy atom. The van der Waals surface area contributed by atoms with Gasteiger partial charge in [0.15, 0.2) is 11.9 Å². The van der Waals surface area contributed by atoms with Gasteiger partial charge in [0, 0.05) is 26.4 Å². The van der Waals surface area contributed by atoms with Crippen LogP contribution in [0.1, 0.15) is 25.3 Å². The fraction of sp³-hybridized carbons (Fsp3) is 0.533. The van der Waals surface area contributed by atoms with E-state index in [1.165, 1.54) is 17.9 Å². The fourth-order valence-corrected chi connectivity index (χ4v) is 2.69. The summed E-state index contributed by atoms with van der Waals surface area (Å²) in [6.07, 6.45) is 2.96. The van der Waals surface area contributed by atoms with Crippen molar-refractivity contribution in [2.75, 3.05) is 13.2 Å². The molecule has 1 aliphatic rings. The summed E-state index contributed by atoms with van der Waals surface area (Å²) in [7, 11) is 1.77. The summed E-state index contributed by atoms with van der Waals surface area (Å²) < 4.78 is 12.2. The number of aromatic nitrogens is 2. The first kappa shape index (κ1) is 17.0. The highest BCUT2D eigenvalue weighted by molar-refractivity contribution is 5.69. The summed E-state index contributed by atoms with van der Waals surface area (Å²) in [6, 6.07) is -0.549. The number of β-amino-alcohol motifs (C(OH)–C–C–N with tert-alkyl or cyclic N) is 1. The van der Waals surface area contributed by atoms with Gasteiger partial charge in [0.2, 0.25) is 0 Å². The van der Waals surface area contributed by atoms with Crippen LogP contribution in [0.4, 0.5) is 4.79 Å². The van der Waals surface area contributed by atoms with Crippen molar-refractivity contribution in [2.45, 2.75) is 31.6 Å². The number of aliphatic hydroxyl groups is 1. The number of hydrogen-bond acceptors (Lipinski definition) is 6. The summed E-state index contributed by atoms with van der Waals surface area (Å²) >= 11 is 0. The molecule has 1 unspecified atom stereocenters. The maximum absolute atomic E-state index is 12.2. The second-order valence-corrected chi connectivity index (χ2v) is 5.40. The highest BCUT2D eigenvalue weighted by Gasteiger charge is 2.43. The number of imidazole rings is 1. The van der Waals surface area contributed by atoms with Gasteiger partial charge in [-0.05, 0) is 6.42 Å². The first-order valence-electron chi connectivity index (χ1n) is 7.30. The van der Waals surface area contributed by atoms with E-state index in [9.17, 15) is 14.7 Å². The minimum absolute atomic E-state index is 0.0682.